The third-order valence-electron chi connectivity index (χ3n) is 8.28. The summed E-state index contributed by atoms with van der Waals surface area (Å²) < 4.78 is 5.95. The first-order chi connectivity index (χ1) is 14.4. The van der Waals surface area contributed by atoms with Crippen LogP contribution in [-0.2, 0) is 9.53 Å². The maximum atomic E-state index is 12.8. The van der Waals surface area contributed by atoms with Crippen LogP contribution in [0.3, 0.4) is 0 Å². The maximum absolute atomic E-state index is 12.8. The molecule has 5 atom stereocenters. The summed E-state index contributed by atoms with van der Waals surface area (Å²) >= 11 is 6.02. The van der Waals surface area contributed by atoms with Crippen LogP contribution in [0.25, 0.3) is 5.57 Å². The number of fused-ring (bicyclic) bond motifs is 2. The average Bonchev–Trinajstić information content (AvgIpc) is 3.01. The Bertz CT molecular complexity index is 876. The van der Waals surface area contributed by atoms with Crippen LogP contribution < -0.4 is 0 Å². The van der Waals surface area contributed by atoms with Crippen molar-refractivity contribution in [1.82, 2.24) is 4.90 Å². The number of hydrogen-bond acceptors (Lipinski definition) is 3. The van der Waals surface area contributed by atoms with E-state index in [1.807, 2.05) is 12.1 Å². The number of halogens is 1. The van der Waals surface area contributed by atoms with Crippen LogP contribution in [0.2, 0.25) is 5.02 Å². The van der Waals surface area contributed by atoms with Crippen molar-refractivity contribution < 1.29 is 9.53 Å². The van der Waals surface area contributed by atoms with Crippen LogP contribution in [0, 0.1) is 23.2 Å². The molecule has 3 fully saturated rings. The van der Waals surface area contributed by atoms with Gasteiger partial charge in [0.25, 0.3) is 0 Å². The number of carbonyl (C=O) groups excluding carboxylic acids is 1. The van der Waals surface area contributed by atoms with E-state index in [-0.39, 0.29) is 23.4 Å². The summed E-state index contributed by atoms with van der Waals surface area (Å²) in [6, 6.07) is 8.10. The third kappa shape index (κ3) is 3.65. The summed E-state index contributed by atoms with van der Waals surface area (Å²) in [6.07, 6.45) is 9.16. The highest BCUT2D eigenvalue weighted by molar-refractivity contribution is 6.30. The largest absolute Gasteiger partial charge is 0.462 e. The van der Waals surface area contributed by atoms with Gasteiger partial charge in [0.1, 0.15) is 6.10 Å². The van der Waals surface area contributed by atoms with Crippen molar-refractivity contribution in [3.63, 3.8) is 0 Å². The number of benzene rings is 1. The van der Waals surface area contributed by atoms with Gasteiger partial charge in [0.05, 0.1) is 5.92 Å². The van der Waals surface area contributed by atoms with Gasteiger partial charge in [0.15, 0.2) is 0 Å². The normalized spacial score (nSPS) is 36.7. The highest BCUT2D eigenvalue weighted by Crippen LogP contribution is 2.57. The summed E-state index contributed by atoms with van der Waals surface area (Å²) in [5.41, 5.74) is 4.31. The molecule has 4 heteroatoms. The summed E-state index contributed by atoms with van der Waals surface area (Å²) in [4.78, 5) is 15.3. The molecule has 2 unspecified atom stereocenters. The molecule has 0 aromatic heterocycles. The Labute approximate surface area is 185 Å². The second-order valence-corrected chi connectivity index (χ2v) is 10.6. The molecular formula is C26H32ClNO2. The van der Waals surface area contributed by atoms with Crippen LogP contribution in [0.4, 0.5) is 0 Å². The predicted molar refractivity (Wildman–Crippen MR) is 121 cm³/mol. The van der Waals surface area contributed by atoms with Gasteiger partial charge < -0.3 is 4.74 Å². The number of allylic oxidation sites excluding steroid dienone is 1. The Hall–Kier alpha value is -1.58. The highest BCUT2D eigenvalue weighted by Gasteiger charge is 2.55. The number of ether oxygens (including phenoxy) is 1. The van der Waals surface area contributed by atoms with Gasteiger partial charge in [-0.25, -0.2) is 0 Å². The Morgan fingerprint density at radius 2 is 2.07 bits per heavy atom. The number of carbonyl (C=O) groups is 1. The molecular weight excluding hydrogens is 394 g/mol. The van der Waals surface area contributed by atoms with Gasteiger partial charge >= 0.3 is 5.97 Å². The zero-order valence-electron chi connectivity index (χ0n) is 17.9. The van der Waals surface area contributed by atoms with E-state index in [1.54, 1.807) is 0 Å². The minimum Gasteiger partial charge on any atom is -0.462 e. The van der Waals surface area contributed by atoms with E-state index in [0.717, 1.165) is 50.3 Å². The van der Waals surface area contributed by atoms with Gasteiger partial charge in [-0.2, -0.15) is 0 Å². The fraction of sp³-hybridized carbons (Fsp3) is 0.577. The number of hydrogen-bond donors (Lipinski definition) is 0. The Balaban J connectivity index is 1.26. The van der Waals surface area contributed by atoms with E-state index in [0.29, 0.717) is 11.8 Å². The van der Waals surface area contributed by atoms with Crippen molar-refractivity contribution in [1.29, 1.82) is 0 Å². The molecule has 1 aromatic rings. The van der Waals surface area contributed by atoms with Gasteiger partial charge in [0.2, 0.25) is 0 Å². The number of nitrogens with zero attached hydrogens (tertiary/aromatic N) is 1. The zero-order chi connectivity index (χ0) is 20.9. The standard InChI is InChI=1S/C26H32ClNO2/c1-17-4-3-11-26(2)15-24-21(14-23(17)26)22(25(29)30-24)16-28-12-9-19(10-13-28)18-5-7-20(27)8-6-18/h5-9,21-24H,1,3-4,10-16H2,2H3/t21-,22?,23?,24-,26-/m1/s1. The average molecular weight is 426 g/mol. The molecule has 3 nitrogen and oxygen atoms in total. The smallest absolute Gasteiger partial charge is 0.310 e. The molecule has 2 aliphatic carbocycles. The highest BCUT2D eigenvalue weighted by atomic mass is 35.5. The first-order valence-electron chi connectivity index (χ1n) is 11.5. The van der Waals surface area contributed by atoms with Gasteiger partial charge in [0, 0.05) is 30.6 Å². The molecule has 2 heterocycles. The lowest BCUT2D eigenvalue weighted by atomic mass is 9.55. The third-order valence-corrected chi connectivity index (χ3v) is 8.53. The number of esters is 1. The first-order valence-corrected chi connectivity index (χ1v) is 11.9. The minimum atomic E-state index is 0.0137. The Morgan fingerprint density at radius 3 is 2.80 bits per heavy atom. The molecule has 0 spiro atoms. The van der Waals surface area contributed by atoms with E-state index >= 15 is 0 Å². The van der Waals surface area contributed by atoms with Crippen molar-refractivity contribution in [2.45, 2.75) is 51.6 Å². The summed E-state index contributed by atoms with van der Waals surface area (Å²) in [7, 11) is 0. The first kappa shape index (κ1) is 20.3. The minimum absolute atomic E-state index is 0.0137. The molecule has 2 saturated carbocycles. The topological polar surface area (TPSA) is 29.5 Å². The van der Waals surface area contributed by atoms with Gasteiger partial charge in [-0.3, -0.25) is 9.69 Å². The molecule has 160 valence electrons. The summed E-state index contributed by atoms with van der Waals surface area (Å²) in [5.74, 6) is 0.958. The molecule has 30 heavy (non-hydrogen) atoms. The lowest BCUT2D eigenvalue weighted by molar-refractivity contribution is -0.146. The Kier molecular flexibility index (Phi) is 5.31. The number of rotatable bonds is 3. The van der Waals surface area contributed by atoms with Crippen LogP contribution in [-0.4, -0.2) is 36.6 Å². The monoisotopic (exact) mass is 425 g/mol. The van der Waals surface area contributed by atoms with E-state index in [4.69, 9.17) is 16.3 Å². The maximum Gasteiger partial charge on any atom is 0.310 e. The molecule has 2 aliphatic heterocycles. The van der Waals surface area contributed by atoms with Crippen LogP contribution >= 0.6 is 11.6 Å². The second-order valence-electron chi connectivity index (χ2n) is 10.1. The zero-order valence-corrected chi connectivity index (χ0v) is 18.7. The van der Waals surface area contributed by atoms with Gasteiger partial charge in [-0.15, -0.1) is 0 Å². The fourth-order valence-corrected chi connectivity index (χ4v) is 6.67. The molecule has 0 radical (unpaired) electrons. The lowest BCUT2D eigenvalue weighted by Crippen LogP contribution is -2.46. The molecule has 5 rings (SSSR count). The van der Waals surface area contributed by atoms with Crippen molar-refractivity contribution >= 4 is 23.1 Å². The van der Waals surface area contributed by atoms with Crippen LogP contribution in [0.1, 0.15) is 51.0 Å². The van der Waals surface area contributed by atoms with Crippen LogP contribution in [0.15, 0.2) is 42.5 Å². The lowest BCUT2D eigenvalue weighted by Gasteiger charge is -2.50. The molecule has 0 N–H and O–H groups in total. The molecule has 0 amide bonds. The Morgan fingerprint density at radius 1 is 1.27 bits per heavy atom. The fourth-order valence-electron chi connectivity index (χ4n) is 6.55. The van der Waals surface area contributed by atoms with Crippen molar-refractivity contribution in [3.05, 3.63) is 53.1 Å². The van der Waals surface area contributed by atoms with E-state index < -0.39 is 0 Å². The van der Waals surface area contributed by atoms with Gasteiger partial charge in [-0.1, -0.05) is 48.9 Å². The molecule has 0 bridgehead atoms. The van der Waals surface area contributed by atoms with Crippen LogP contribution in [0.5, 0.6) is 0 Å². The van der Waals surface area contributed by atoms with Crippen molar-refractivity contribution in [3.8, 4) is 0 Å². The molecule has 1 saturated heterocycles. The predicted octanol–water partition coefficient (Wildman–Crippen LogP) is 5.74. The SMILES string of the molecule is C=C1CCC[C@]2(C)C[C@H]3OC(=O)C(CN4CC=C(c5ccc(Cl)cc5)CC4)[C@H]3CC12. The van der Waals surface area contributed by atoms with Gasteiger partial charge in [-0.05, 0) is 73.1 Å². The molecule has 1 aromatic carbocycles. The van der Waals surface area contributed by atoms with E-state index in [1.165, 1.54) is 29.6 Å². The summed E-state index contributed by atoms with van der Waals surface area (Å²) in [5, 5.41) is 0.773. The van der Waals surface area contributed by atoms with E-state index in [2.05, 4.69) is 36.6 Å². The van der Waals surface area contributed by atoms with E-state index in [9.17, 15) is 4.79 Å². The summed E-state index contributed by atoms with van der Waals surface area (Å²) in [6.45, 7) is 9.51. The van der Waals surface area contributed by atoms with Crippen molar-refractivity contribution in [2.24, 2.45) is 23.2 Å². The van der Waals surface area contributed by atoms with Crippen molar-refractivity contribution in [2.75, 3.05) is 19.6 Å². The quantitative estimate of drug-likeness (QED) is 0.456. The second kappa shape index (κ2) is 7.84. The molecule has 4 aliphatic rings.